The molecule has 0 aliphatic heterocycles. The van der Waals surface area contributed by atoms with E-state index in [9.17, 15) is 0 Å². The monoisotopic (exact) mass is 282 g/mol. The summed E-state index contributed by atoms with van der Waals surface area (Å²) in [5, 5.41) is 0.782. The van der Waals surface area contributed by atoms with Crippen molar-refractivity contribution >= 4 is 15.9 Å². The molecular weight excluding hydrogens is 268 g/mol. The van der Waals surface area contributed by atoms with E-state index in [1.807, 2.05) is 30.3 Å². The summed E-state index contributed by atoms with van der Waals surface area (Å²) >= 11 is 3.28. The van der Waals surface area contributed by atoms with Crippen molar-refractivity contribution in [1.29, 1.82) is 0 Å². The lowest BCUT2D eigenvalue weighted by Crippen LogP contribution is -2.18. The fraction of sp³-hybridized carbons (Fsp3) is 0.385. The third-order valence-corrected chi connectivity index (χ3v) is 2.29. The summed E-state index contributed by atoms with van der Waals surface area (Å²) in [7, 11) is 0. The van der Waals surface area contributed by atoms with Gasteiger partial charge in [-0.1, -0.05) is 52.2 Å². The Morgan fingerprint density at radius 2 is 2.06 bits per heavy atom. The van der Waals surface area contributed by atoms with Crippen LogP contribution in [0.2, 0.25) is 0 Å². The minimum Gasteiger partial charge on any atom is -0.373 e. The topological polar surface area (TPSA) is 18.5 Å². The zero-order valence-electron chi connectivity index (χ0n) is 9.06. The second-order valence-electron chi connectivity index (χ2n) is 3.22. The Hall–Kier alpha value is -0.820. The fourth-order valence-corrected chi connectivity index (χ4v) is 1.38. The van der Waals surface area contributed by atoms with E-state index in [0.29, 0.717) is 19.8 Å². The van der Waals surface area contributed by atoms with Gasteiger partial charge in [-0.25, -0.2) is 0 Å². The van der Waals surface area contributed by atoms with E-state index < -0.39 is 0 Å². The van der Waals surface area contributed by atoms with Gasteiger partial charge < -0.3 is 9.47 Å². The molecule has 1 aromatic carbocycles. The maximum Gasteiger partial charge on any atom is 0.141 e. The van der Waals surface area contributed by atoms with Crippen LogP contribution in [0.3, 0.4) is 0 Å². The SMILES string of the molecule is C#CC(COCc1ccccc1)OCCBr. The zero-order valence-corrected chi connectivity index (χ0v) is 10.7. The second kappa shape index (κ2) is 8.35. The molecule has 0 fully saturated rings. The van der Waals surface area contributed by atoms with Crippen molar-refractivity contribution in [2.24, 2.45) is 0 Å². The van der Waals surface area contributed by atoms with Gasteiger partial charge in [-0.3, -0.25) is 0 Å². The third-order valence-electron chi connectivity index (χ3n) is 1.96. The average Bonchev–Trinajstić information content (AvgIpc) is 2.35. The normalized spacial score (nSPS) is 12.0. The van der Waals surface area contributed by atoms with Gasteiger partial charge >= 0.3 is 0 Å². The van der Waals surface area contributed by atoms with E-state index in [0.717, 1.165) is 10.9 Å². The quantitative estimate of drug-likeness (QED) is 0.565. The number of terminal acetylenes is 1. The Morgan fingerprint density at radius 1 is 1.31 bits per heavy atom. The third kappa shape index (κ3) is 5.32. The Labute approximate surface area is 105 Å². The number of rotatable bonds is 7. The molecule has 1 unspecified atom stereocenters. The molecule has 0 bridgehead atoms. The first kappa shape index (κ1) is 13.2. The average molecular weight is 283 g/mol. The lowest BCUT2D eigenvalue weighted by molar-refractivity contribution is 0.0131. The number of hydrogen-bond acceptors (Lipinski definition) is 2. The molecule has 2 nitrogen and oxygen atoms in total. The van der Waals surface area contributed by atoms with Crippen molar-refractivity contribution < 1.29 is 9.47 Å². The predicted molar refractivity (Wildman–Crippen MR) is 68.5 cm³/mol. The van der Waals surface area contributed by atoms with Crippen LogP contribution in [0.4, 0.5) is 0 Å². The van der Waals surface area contributed by atoms with Gasteiger partial charge in [0.1, 0.15) is 6.10 Å². The molecule has 1 rings (SSSR count). The minimum absolute atomic E-state index is 0.263. The maximum absolute atomic E-state index is 5.49. The predicted octanol–water partition coefficient (Wildman–Crippen LogP) is 2.62. The molecule has 0 N–H and O–H groups in total. The van der Waals surface area contributed by atoms with E-state index in [4.69, 9.17) is 15.9 Å². The first-order valence-corrected chi connectivity index (χ1v) is 6.24. The van der Waals surface area contributed by atoms with Crippen LogP contribution in [-0.2, 0) is 16.1 Å². The number of benzene rings is 1. The molecule has 0 aliphatic rings. The van der Waals surface area contributed by atoms with Crippen LogP contribution in [0, 0.1) is 12.3 Å². The maximum atomic E-state index is 5.49. The van der Waals surface area contributed by atoms with Crippen LogP contribution < -0.4 is 0 Å². The van der Waals surface area contributed by atoms with Crippen molar-refractivity contribution in [3.8, 4) is 12.3 Å². The first-order valence-electron chi connectivity index (χ1n) is 5.12. The second-order valence-corrected chi connectivity index (χ2v) is 4.01. The van der Waals surface area contributed by atoms with Gasteiger partial charge in [0, 0.05) is 5.33 Å². The van der Waals surface area contributed by atoms with Crippen LogP contribution >= 0.6 is 15.9 Å². The van der Waals surface area contributed by atoms with Crippen LogP contribution in [0.25, 0.3) is 0 Å². The summed E-state index contributed by atoms with van der Waals surface area (Å²) in [5.41, 5.74) is 1.14. The first-order chi connectivity index (χ1) is 7.86. The molecule has 86 valence electrons. The smallest absolute Gasteiger partial charge is 0.141 e. The molecule has 0 amide bonds. The van der Waals surface area contributed by atoms with Crippen molar-refractivity contribution in [2.45, 2.75) is 12.7 Å². The number of ether oxygens (including phenoxy) is 2. The summed E-state index contributed by atoms with van der Waals surface area (Å²) < 4.78 is 10.9. The van der Waals surface area contributed by atoms with E-state index in [1.165, 1.54) is 0 Å². The van der Waals surface area contributed by atoms with E-state index in [2.05, 4.69) is 21.9 Å². The highest BCUT2D eigenvalue weighted by Crippen LogP contribution is 2.02. The van der Waals surface area contributed by atoms with Gasteiger partial charge in [0.25, 0.3) is 0 Å². The molecular formula is C13H15BrO2. The number of alkyl halides is 1. The van der Waals surface area contributed by atoms with Gasteiger partial charge in [0.05, 0.1) is 19.8 Å². The minimum atomic E-state index is -0.263. The summed E-state index contributed by atoms with van der Waals surface area (Å²) in [6, 6.07) is 9.98. The van der Waals surface area contributed by atoms with Crippen molar-refractivity contribution in [1.82, 2.24) is 0 Å². The Morgan fingerprint density at radius 3 is 2.69 bits per heavy atom. The Kier molecular flexibility index (Phi) is 6.91. The van der Waals surface area contributed by atoms with Crippen molar-refractivity contribution in [3.63, 3.8) is 0 Å². The molecule has 0 aliphatic carbocycles. The van der Waals surface area contributed by atoms with E-state index >= 15 is 0 Å². The Balaban J connectivity index is 2.21. The van der Waals surface area contributed by atoms with Gasteiger partial charge in [0.2, 0.25) is 0 Å². The molecule has 1 atom stereocenters. The highest BCUT2D eigenvalue weighted by atomic mass is 79.9. The molecule has 0 saturated carbocycles. The lowest BCUT2D eigenvalue weighted by Gasteiger charge is -2.11. The number of hydrogen-bond donors (Lipinski definition) is 0. The molecule has 0 aromatic heterocycles. The van der Waals surface area contributed by atoms with Crippen molar-refractivity contribution in [3.05, 3.63) is 35.9 Å². The van der Waals surface area contributed by atoms with Gasteiger partial charge in [-0.2, -0.15) is 0 Å². The molecule has 0 spiro atoms. The van der Waals surface area contributed by atoms with Crippen LogP contribution in [-0.4, -0.2) is 24.6 Å². The van der Waals surface area contributed by atoms with Crippen molar-refractivity contribution in [2.75, 3.05) is 18.5 Å². The highest BCUT2D eigenvalue weighted by Gasteiger charge is 2.04. The standard InChI is InChI=1S/C13H15BrO2/c1-2-13(16-9-8-14)11-15-10-12-6-4-3-5-7-12/h1,3-7,13H,8-11H2. The van der Waals surface area contributed by atoms with Crippen LogP contribution in [0.15, 0.2) is 30.3 Å². The highest BCUT2D eigenvalue weighted by molar-refractivity contribution is 9.09. The van der Waals surface area contributed by atoms with Crippen LogP contribution in [0.5, 0.6) is 0 Å². The van der Waals surface area contributed by atoms with Gasteiger partial charge in [0.15, 0.2) is 0 Å². The largest absolute Gasteiger partial charge is 0.373 e. The molecule has 0 radical (unpaired) electrons. The summed E-state index contributed by atoms with van der Waals surface area (Å²) in [6.45, 7) is 1.60. The van der Waals surface area contributed by atoms with E-state index in [-0.39, 0.29) is 6.10 Å². The van der Waals surface area contributed by atoms with Crippen LogP contribution in [0.1, 0.15) is 5.56 Å². The molecule has 16 heavy (non-hydrogen) atoms. The molecule has 0 heterocycles. The Bertz CT molecular complexity index is 318. The number of halogens is 1. The zero-order chi connectivity index (χ0) is 11.6. The molecule has 3 heteroatoms. The van der Waals surface area contributed by atoms with Gasteiger partial charge in [-0.15, -0.1) is 6.42 Å². The summed E-state index contributed by atoms with van der Waals surface area (Å²) in [4.78, 5) is 0. The van der Waals surface area contributed by atoms with Gasteiger partial charge in [-0.05, 0) is 5.56 Å². The summed E-state index contributed by atoms with van der Waals surface area (Å²) in [5.74, 6) is 2.56. The van der Waals surface area contributed by atoms with E-state index in [1.54, 1.807) is 0 Å². The lowest BCUT2D eigenvalue weighted by atomic mass is 10.2. The fourth-order valence-electron chi connectivity index (χ4n) is 1.19. The summed E-state index contributed by atoms with van der Waals surface area (Å²) in [6.07, 6.45) is 5.06. The molecule has 1 aromatic rings. The molecule has 0 saturated heterocycles.